The van der Waals surface area contributed by atoms with Crippen molar-refractivity contribution in [2.75, 3.05) is 6.61 Å². The summed E-state index contributed by atoms with van der Waals surface area (Å²) in [5.74, 6) is -1.41. The monoisotopic (exact) mass is 365 g/mol. The molecule has 0 aromatic heterocycles. The van der Waals surface area contributed by atoms with Gasteiger partial charge >= 0.3 is 5.97 Å². The first-order chi connectivity index (χ1) is 13.0. The summed E-state index contributed by atoms with van der Waals surface area (Å²) in [6.07, 6.45) is 2.26. The van der Waals surface area contributed by atoms with Crippen LogP contribution in [0.25, 0.3) is 0 Å². The summed E-state index contributed by atoms with van der Waals surface area (Å²) in [6, 6.07) is 16.1. The molecule has 0 radical (unpaired) electrons. The van der Waals surface area contributed by atoms with Gasteiger partial charge in [-0.3, -0.25) is 10.1 Å². The van der Waals surface area contributed by atoms with Gasteiger partial charge in [0.25, 0.3) is 0 Å². The van der Waals surface area contributed by atoms with Crippen molar-refractivity contribution in [3.05, 3.63) is 93.1 Å². The van der Waals surface area contributed by atoms with Crippen LogP contribution in [-0.4, -0.2) is 23.5 Å². The number of rotatable bonds is 5. The minimum Gasteiger partial charge on any atom is -0.463 e. The smallest absolute Gasteiger partial charge is 0.334 e. The minimum atomic E-state index is -0.931. The molecule has 3 atom stereocenters. The van der Waals surface area contributed by atoms with E-state index in [1.807, 2.05) is 67.6 Å². The third kappa shape index (κ3) is 3.92. The fraction of sp³-hybridized carbons (Fsp3) is 0.318. The van der Waals surface area contributed by atoms with Gasteiger partial charge in [-0.05, 0) is 31.4 Å². The molecule has 0 saturated carbocycles. The van der Waals surface area contributed by atoms with E-state index in [9.17, 15) is 14.9 Å². The van der Waals surface area contributed by atoms with E-state index in [2.05, 4.69) is 0 Å². The molecule has 0 unspecified atom stereocenters. The number of carbonyl (C=O) groups excluding carboxylic acids is 1. The molecule has 0 amide bonds. The Morgan fingerprint density at radius 1 is 1.11 bits per heavy atom. The zero-order chi connectivity index (χ0) is 19.4. The first kappa shape index (κ1) is 18.8. The number of allylic oxidation sites excluding steroid dienone is 1. The van der Waals surface area contributed by atoms with Gasteiger partial charge in [-0.25, -0.2) is 4.79 Å². The molecule has 0 aliphatic heterocycles. The topological polar surface area (TPSA) is 69.4 Å². The third-order valence-corrected chi connectivity index (χ3v) is 5.10. The van der Waals surface area contributed by atoms with E-state index in [0.29, 0.717) is 12.0 Å². The molecule has 0 bridgehead atoms. The first-order valence-electron chi connectivity index (χ1n) is 9.15. The Bertz CT molecular complexity index is 842. The van der Waals surface area contributed by atoms with Gasteiger partial charge in [0.05, 0.1) is 18.4 Å². The fourth-order valence-corrected chi connectivity index (χ4v) is 3.81. The minimum absolute atomic E-state index is 0.238. The number of aryl methyl sites for hydroxylation is 1. The van der Waals surface area contributed by atoms with Crippen LogP contribution >= 0.6 is 0 Å². The molecular weight excluding hydrogens is 342 g/mol. The highest BCUT2D eigenvalue weighted by molar-refractivity contribution is 5.90. The quantitative estimate of drug-likeness (QED) is 0.447. The lowest BCUT2D eigenvalue weighted by molar-refractivity contribution is -0.530. The van der Waals surface area contributed by atoms with Crippen LogP contribution in [0, 0.1) is 17.0 Å². The van der Waals surface area contributed by atoms with Crippen molar-refractivity contribution >= 4 is 5.97 Å². The van der Waals surface area contributed by atoms with E-state index in [4.69, 9.17) is 4.74 Å². The normalized spacial score (nSPS) is 22.0. The summed E-state index contributed by atoms with van der Waals surface area (Å²) in [7, 11) is 0. The van der Waals surface area contributed by atoms with Crippen LogP contribution in [0.4, 0.5) is 0 Å². The molecule has 3 rings (SSSR count). The zero-order valence-electron chi connectivity index (χ0n) is 15.5. The number of hydrogen-bond donors (Lipinski definition) is 0. The maximum absolute atomic E-state index is 12.5. The molecule has 0 heterocycles. The Balaban J connectivity index is 2.10. The molecule has 27 heavy (non-hydrogen) atoms. The van der Waals surface area contributed by atoms with Crippen molar-refractivity contribution < 1.29 is 14.5 Å². The number of nitro groups is 1. The van der Waals surface area contributed by atoms with Crippen LogP contribution < -0.4 is 0 Å². The molecule has 0 N–H and O–H groups in total. The zero-order valence-corrected chi connectivity index (χ0v) is 15.5. The lowest BCUT2D eigenvalue weighted by atomic mass is 9.71. The number of esters is 1. The van der Waals surface area contributed by atoms with Crippen LogP contribution in [-0.2, 0) is 9.53 Å². The van der Waals surface area contributed by atoms with Gasteiger partial charge in [0.15, 0.2) is 0 Å². The summed E-state index contributed by atoms with van der Waals surface area (Å²) < 4.78 is 5.19. The van der Waals surface area contributed by atoms with E-state index >= 15 is 0 Å². The van der Waals surface area contributed by atoms with E-state index in [1.165, 1.54) is 0 Å². The Labute approximate surface area is 158 Å². The second kappa shape index (κ2) is 8.16. The van der Waals surface area contributed by atoms with Crippen molar-refractivity contribution in [1.29, 1.82) is 0 Å². The highest BCUT2D eigenvalue weighted by atomic mass is 16.6. The second-order valence-corrected chi connectivity index (χ2v) is 6.80. The van der Waals surface area contributed by atoms with Crippen molar-refractivity contribution in [1.82, 2.24) is 0 Å². The summed E-state index contributed by atoms with van der Waals surface area (Å²) >= 11 is 0. The van der Waals surface area contributed by atoms with Gasteiger partial charge in [0.2, 0.25) is 6.04 Å². The van der Waals surface area contributed by atoms with Gasteiger partial charge in [-0.1, -0.05) is 66.2 Å². The fourth-order valence-electron chi connectivity index (χ4n) is 3.81. The van der Waals surface area contributed by atoms with E-state index < -0.39 is 17.9 Å². The predicted octanol–water partition coefficient (Wildman–Crippen LogP) is 4.40. The molecule has 1 aliphatic carbocycles. The van der Waals surface area contributed by atoms with Crippen LogP contribution in [0.2, 0.25) is 0 Å². The van der Waals surface area contributed by atoms with Crippen molar-refractivity contribution in [2.24, 2.45) is 0 Å². The molecule has 5 heteroatoms. The van der Waals surface area contributed by atoms with E-state index in [-0.39, 0.29) is 17.4 Å². The summed E-state index contributed by atoms with van der Waals surface area (Å²) in [5.41, 5.74) is 3.17. The number of hydrogen-bond acceptors (Lipinski definition) is 4. The molecular formula is C22H23NO4. The molecule has 0 spiro atoms. The van der Waals surface area contributed by atoms with Gasteiger partial charge in [-0.2, -0.15) is 0 Å². The molecule has 2 aromatic rings. The average Bonchev–Trinajstić information content (AvgIpc) is 2.68. The van der Waals surface area contributed by atoms with E-state index in [1.54, 1.807) is 6.92 Å². The maximum atomic E-state index is 12.5. The van der Waals surface area contributed by atoms with Gasteiger partial charge in [0.1, 0.15) is 0 Å². The van der Waals surface area contributed by atoms with Crippen LogP contribution in [0.5, 0.6) is 0 Å². The maximum Gasteiger partial charge on any atom is 0.334 e. The van der Waals surface area contributed by atoms with Crippen molar-refractivity contribution in [3.8, 4) is 0 Å². The molecule has 140 valence electrons. The Morgan fingerprint density at radius 2 is 1.78 bits per heavy atom. The van der Waals surface area contributed by atoms with Gasteiger partial charge < -0.3 is 4.74 Å². The van der Waals surface area contributed by atoms with Crippen molar-refractivity contribution in [2.45, 2.75) is 38.1 Å². The molecule has 1 aliphatic rings. The SMILES string of the molecule is CCOC(=O)C1=CC[C@@H](c2ccc(C)cc2)[C@@H]([N+](=O)[O-])[C@@H]1c1ccccc1. The summed E-state index contributed by atoms with van der Waals surface area (Å²) in [6.45, 7) is 3.96. The van der Waals surface area contributed by atoms with Gasteiger partial charge in [-0.15, -0.1) is 0 Å². The Hall–Kier alpha value is -2.95. The Kier molecular flexibility index (Phi) is 5.69. The molecule has 2 aromatic carbocycles. The lowest BCUT2D eigenvalue weighted by Gasteiger charge is -2.32. The Morgan fingerprint density at radius 3 is 2.37 bits per heavy atom. The molecule has 0 fully saturated rings. The van der Waals surface area contributed by atoms with E-state index in [0.717, 1.165) is 16.7 Å². The van der Waals surface area contributed by atoms with Crippen LogP contribution in [0.1, 0.15) is 41.9 Å². The van der Waals surface area contributed by atoms with Crippen molar-refractivity contribution in [3.63, 3.8) is 0 Å². The highest BCUT2D eigenvalue weighted by Crippen LogP contribution is 2.43. The summed E-state index contributed by atoms with van der Waals surface area (Å²) in [5, 5.41) is 12.1. The molecule has 0 saturated heterocycles. The lowest BCUT2D eigenvalue weighted by Crippen LogP contribution is -2.39. The third-order valence-electron chi connectivity index (χ3n) is 5.10. The number of ether oxygens (including phenoxy) is 1. The largest absolute Gasteiger partial charge is 0.463 e. The number of carbonyl (C=O) groups is 1. The average molecular weight is 365 g/mol. The highest BCUT2D eigenvalue weighted by Gasteiger charge is 2.47. The standard InChI is InChI=1S/C22H23NO4/c1-3-27-22(24)19-14-13-18(16-11-9-15(2)10-12-16)21(23(25)26)20(19)17-7-5-4-6-8-17/h4-12,14,18,20-21H,3,13H2,1-2H3/t18-,20+,21+/m0/s1. The number of nitrogens with zero attached hydrogens (tertiary/aromatic N) is 1. The number of benzene rings is 2. The second-order valence-electron chi connectivity index (χ2n) is 6.80. The first-order valence-corrected chi connectivity index (χ1v) is 9.15. The molecule has 5 nitrogen and oxygen atoms in total. The van der Waals surface area contributed by atoms with Gasteiger partial charge in [0, 0.05) is 10.5 Å². The van der Waals surface area contributed by atoms with Crippen LogP contribution in [0.3, 0.4) is 0 Å². The summed E-state index contributed by atoms with van der Waals surface area (Å²) in [4.78, 5) is 24.4. The predicted molar refractivity (Wildman–Crippen MR) is 103 cm³/mol. The van der Waals surface area contributed by atoms with Crippen LogP contribution in [0.15, 0.2) is 66.2 Å².